The third-order valence-electron chi connectivity index (χ3n) is 2.62. The summed E-state index contributed by atoms with van der Waals surface area (Å²) in [5, 5.41) is 1.82. The van der Waals surface area contributed by atoms with Crippen LogP contribution in [0.1, 0.15) is 6.92 Å². The predicted molar refractivity (Wildman–Crippen MR) is 67.8 cm³/mol. The summed E-state index contributed by atoms with van der Waals surface area (Å²) in [6.07, 6.45) is 0. The molecule has 3 heterocycles. The molecular weight excluding hydrogens is 254 g/mol. The van der Waals surface area contributed by atoms with Crippen molar-refractivity contribution >= 4 is 22.5 Å². The van der Waals surface area contributed by atoms with Gasteiger partial charge in [0.1, 0.15) is 11.2 Å². The zero-order valence-electron chi connectivity index (χ0n) is 9.43. The first-order chi connectivity index (χ1) is 8.70. The van der Waals surface area contributed by atoms with Crippen molar-refractivity contribution in [2.45, 2.75) is 13.5 Å². The van der Waals surface area contributed by atoms with Gasteiger partial charge in [-0.1, -0.05) is 0 Å². The molecule has 3 aromatic heterocycles. The Labute approximate surface area is 104 Å². The summed E-state index contributed by atoms with van der Waals surface area (Å²) in [5.74, 6) is 0.490. The number of fused-ring (bicyclic) bond motifs is 1. The SMILES string of the molecule is CCn1c(=O)[nH]c(=O)c2[nH]c(-c3cscn3)nc21. The van der Waals surface area contributed by atoms with Gasteiger partial charge in [-0.25, -0.2) is 14.8 Å². The van der Waals surface area contributed by atoms with Crippen LogP contribution in [0.4, 0.5) is 0 Å². The number of hydrogen-bond acceptors (Lipinski definition) is 5. The molecule has 0 bridgehead atoms. The summed E-state index contributed by atoms with van der Waals surface area (Å²) in [5.41, 5.74) is 2.07. The van der Waals surface area contributed by atoms with E-state index in [-0.39, 0.29) is 0 Å². The van der Waals surface area contributed by atoms with Crippen LogP contribution in [0, 0.1) is 0 Å². The normalized spacial score (nSPS) is 11.2. The molecule has 0 amide bonds. The molecule has 0 aliphatic heterocycles. The Morgan fingerprint density at radius 3 is 2.89 bits per heavy atom. The van der Waals surface area contributed by atoms with Crippen LogP contribution in [0.25, 0.3) is 22.7 Å². The van der Waals surface area contributed by atoms with Crippen molar-refractivity contribution in [3.63, 3.8) is 0 Å². The van der Waals surface area contributed by atoms with Gasteiger partial charge in [0.15, 0.2) is 11.5 Å². The number of rotatable bonds is 2. The molecule has 0 radical (unpaired) electrons. The first-order valence-corrected chi connectivity index (χ1v) is 6.26. The Balaban J connectivity index is 2.39. The molecule has 3 aromatic rings. The highest BCUT2D eigenvalue weighted by atomic mass is 32.1. The van der Waals surface area contributed by atoms with Crippen LogP contribution in [-0.2, 0) is 6.54 Å². The fraction of sp³-hybridized carbons (Fsp3) is 0.200. The highest BCUT2D eigenvalue weighted by molar-refractivity contribution is 7.07. The lowest BCUT2D eigenvalue weighted by Gasteiger charge is -1.99. The largest absolute Gasteiger partial charge is 0.331 e. The minimum absolute atomic E-state index is 0.291. The first-order valence-electron chi connectivity index (χ1n) is 5.32. The summed E-state index contributed by atoms with van der Waals surface area (Å²) in [7, 11) is 0. The Bertz CT molecular complexity index is 811. The quantitative estimate of drug-likeness (QED) is 0.706. The molecule has 0 aliphatic carbocycles. The highest BCUT2D eigenvalue weighted by Crippen LogP contribution is 2.17. The molecule has 0 fully saturated rings. The predicted octanol–water partition coefficient (Wildman–Crippen LogP) is 0.556. The van der Waals surface area contributed by atoms with Gasteiger partial charge in [-0.2, -0.15) is 0 Å². The van der Waals surface area contributed by atoms with Crippen LogP contribution < -0.4 is 11.2 Å². The number of aromatic nitrogens is 5. The molecule has 7 nitrogen and oxygen atoms in total. The van der Waals surface area contributed by atoms with Crippen LogP contribution in [0.3, 0.4) is 0 Å². The topological polar surface area (TPSA) is 96.4 Å². The number of hydrogen-bond donors (Lipinski definition) is 2. The van der Waals surface area contributed by atoms with Crippen LogP contribution in [0.5, 0.6) is 0 Å². The second-order valence-electron chi connectivity index (χ2n) is 3.66. The average Bonchev–Trinajstić information content (AvgIpc) is 2.97. The van der Waals surface area contributed by atoms with Crippen LogP contribution in [-0.4, -0.2) is 24.5 Å². The molecule has 18 heavy (non-hydrogen) atoms. The molecule has 0 spiro atoms. The van der Waals surface area contributed by atoms with E-state index in [1.807, 2.05) is 12.3 Å². The lowest BCUT2D eigenvalue weighted by molar-refractivity contribution is 0.720. The average molecular weight is 263 g/mol. The molecule has 8 heteroatoms. The first kappa shape index (κ1) is 10.9. The van der Waals surface area contributed by atoms with E-state index >= 15 is 0 Å². The summed E-state index contributed by atoms with van der Waals surface area (Å²) < 4.78 is 1.41. The molecular formula is C10H9N5O2S. The van der Waals surface area contributed by atoms with Crippen molar-refractivity contribution in [2.75, 3.05) is 0 Å². The van der Waals surface area contributed by atoms with E-state index in [4.69, 9.17) is 0 Å². The molecule has 0 unspecified atom stereocenters. The van der Waals surface area contributed by atoms with Gasteiger partial charge in [0.2, 0.25) is 0 Å². The molecule has 3 rings (SSSR count). The molecule has 92 valence electrons. The Kier molecular flexibility index (Phi) is 2.37. The number of imidazole rings is 1. The van der Waals surface area contributed by atoms with Crippen molar-refractivity contribution in [1.29, 1.82) is 0 Å². The van der Waals surface area contributed by atoms with Gasteiger partial charge in [0.25, 0.3) is 5.56 Å². The number of nitrogens with one attached hydrogen (secondary N) is 2. The minimum Gasteiger partial charge on any atom is -0.331 e. The Morgan fingerprint density at radius 1 is 1.39 bits per heavy atom. The summed E-state index contributed by atoms with van der Waals surface area (Å²) >= 11 is 1.44. The lowest BCUT2D eigenvalue weighted by Crippen LogP contribution is -2.29. The highest BCUT2D eigenvalue weighted by Gasteiger charge is 2.13. The van der Waals surface area contributed by atoms with Crippen molar-refractivity contribution in [2.24, 2.45) is 0 Å². The van der Waals surface area contributed by atoms with E-state index in [0.717, 1.165) is 0 Å². The van der Waals surface area contributed by atoms with Gasteiger partial charge in [0.05, 0.1) is 5.51 Å². The number of H-pyrrole nitrogens is 2. The monoisotopic (exact) mass is 263 g/mol. The number of nitrogens with zero attached hydrogens (tertiary/aromatic N) is 3. The lowest BCUT2D eigenvalue weighted by atomic mass is 10.5. The maximum atomic E-state index is 11.7. The zero-order chi connectivity index (χ0) is 12.7. The standard InChI is InChI=1S/C10H9N5O2S/c1-2-15-8-6(9(16)14-10(15)17)12-7(13-8)5-3-18-4-11-5/h3-4H,2H2,1H3,(H,12,13)(H,14,16,17). The van der Waals surface area contributed by atoms with E-state index in [9.17, 15) is 9.59 Å². The minimum atomic E-state index is -0.464. The fourth-order valence-corrected chi connectivity index (χ4v) is 2.32. The van der Waals surface area contributed by atoms with Gasteiger partial charge in [-0.3, -0.25) is 14.3 Å². The summed E-state index contributed by atoms with van der Waals surface area (Å²) in [6.45, 7) is 2.25. The van der Waals surface area contributed by atoms with Crippen molar-refractivity contribution in [3.8, 4) is 11.5 Å². The molecule has 2 N–H and O–H groups in total. The zero-order valence-corrected chi connectivity index (χ0v) is 10.2. The summed E-state index contributed by atoms with van der Waals surface area (Å²) in [6, 6.07) is 0. The van der Waals surface area contributed by atoms with Crippen molar-refractivity contribution < 1.29 is 0 Å². The smallest absolute Gasteiger partial charge is 0.330 e. The Hall–Kier alpha value is -2.22. The van der Waals surface area contributed by atoms with Gasteiger partial charge in [-0.05, 0) is 6.92 Å². The van der Waals surface area contributed by atoms with E-state index in [2.05, 4.69) is 19.9 Å². The molecule has 0 aliphatic rings. The van der Waals surface area contributed by atoms with Gasteiger partial charge < -0.3 is 4.98 Å². The van der Waals surface area contributed by atoms with Gasteiger partial charge in [0, 0.05) is 11.9 Å². The maximum Gasteiger partial charge on any atom is 0.330 e. The fourth-order valence-electron chi connectivity index (χ4n) is 1.79. The molecule has 0 aromatic carbocycles. The van der Waals surface area contributed by atoms with Crippen LogP contribution >= 0.6 is 11.3 Å². The van der Waals surface area contributed by atoms with Crippen molar-refractivity contribution in [3.05, 3.63) is 31.7 Å². The van der Waals surface area contributed by atoms with Crippen molar-refractivity contribution in [1.82, 2.24) is 24.5 Å². The van der Waals surface area contributed by atoms with Crippen LogP contribution in [0.2, 0.25) is 0 Å². The third kappa shape index (κ3) is 1.50. The maximum absolute atomic E-state index is 11.7. The number of aryl methyl sites for hydroxylation is 1. The number of thiazole rings is 1. The second-order valence-corrected chi connectivity index (χ2v) is 4.38. The molecule has 0 saturated carbocycles. The Morgan fingerprint density at radius 2 is 2.22 bits per heavy atom. The molecule has 0 saturated heterocycles. The third-order valence-corrected chi connectivity index (χ3v) is 3.21. The molecule has 0 atom stereocenters. The van der Waals surface area contributed by atoms with E-state index < -0.39 is 11.2 Å². The van der Waals surface area contributed by atoms with E-state index in [1.54, 1.807) is 5.51 Å². The van der Waals surface area contributed by atoms with E-state index in [1.165, 1.54) is 15.9 Å². The van der Waals surface area contributed by atoms with E-state index in [0.29, 0.717) is 29.2 Å². The van der Waals surface area contributed by atoms with Gasteiger partial charge in [-0.15, -0.1) is 11.3 Å². The van der Waals surface area contributed by atoms with Crippen LogP contribution in [0.15, 0.2) is 20.5 Å². The summed E-state index contributed by atoms with van der Waals surface area (Å²) in [4.78, 5) is 36.9. The number of aromatic amines is 2. The van der Waals surface area contributed by atoms with Gasteiger partial charge >= 0.3 is 5.69 Å². The second kappa shape index (κ2) is 3.91.